The summed E-state index contributed by atoms with van der Waals surface area (Å²) in [5.74, 6) is 0.933. The van der Waals surface area contributed by atoms with Crippen molar-refractivity contribution in [3.8, 4) is 0 Å². The molecule has 0 aliphatic heterocycles. The Hall–Kier alpha value is -1.24. The maximum atomic E-state index is 5.31. The predicted molar refractivity (Wildman–Crippen MR) is 69.4 cm³/mol. The van der Waals surface area contributed by atoms with Crippen LogP contribution in [0.15, 0.2) is 42.7 Å². The Morgan fingerprint density at radius 2 is 1.88 bits per heavy atom. The smallest absolute Gasteiger partial charge is 0.0888 e. The summed E-state index contributed by atoms with van der Waals surface area (Å²) >= 11 is 0. The highest BCUT2D eigenvalue weighted by Gasteiger charge is 1.95. The Labute approximate surface area is 99.1 Å². The van der Waals surface area contributed by atoms with Crippen molar-refractivity contribution in [3.05, 3.63) is 48.2 Å². The lowest BCUT2D eigenvalue weighted by atomic mass is 10.1. The molecule has 1 aromatic carbocycles. The van der Waals surface area contributed by atoms with Crippen LogP contribution in [-0.4, -0.2) is 6.61 Å². The maximum Gasteiger partial charge on any atom is 0.0888 e. The molecule has 16 heavy (non-hydrogen) atoms. The molecule has 0 fully saturated rings. The Balaban J connectivity index is 2.02. The van der Waals surface area contributed by atoms with E-state index >= 15 is 0 Å². The van der Waals surface area contributed by atoms with Gasteiger partial charge in [0.25, 0.3) is 0 Å². The number of ether oxygens (including phenoxy) is 1. The van der Waals surface area contributed by atoms with E-state index in [-0.39, 0.29) is 0 Å². The second-order valence-corrected chi connectivity index (χ2v) is 4.02. The molecule has 0 amide bonds. The van der Waals surface area contributed by atoms with Gasteiger partial charge in [-0.3, -0.25) is 0 Å². The minimum atomic E-state index is 0.739. The minimum absolute atomic E-state index is 0.739. The monoisotopic (exact) mass is 218 g/mol. The molecule has 0 radical (unpaired) electrons. The lowest BCUT2D eigenvalue weighted by Crippen LogP contribution is -1.91. The molecule has 0 atom stereocenters. The highest BCUT2D eigenvalue weighted by Crippen LogP contribution is 2.11. The van der Waals surface area contributed by atoms with Crippen molar-refractivity contribution in [2.24, 2.45) is 0 Å². The van der Waals surface area contributed by atoms with E-state index < -0.39 is 0 Å². The van der Waals surface area contributed by atoms with E-state index in [0.29, 0.717) is 0 Å². The van der Waals surface area contributed by atoms with Crippen LogP contribution in [0.5, 0.6) is 0 Å². The first-order chi connectivity index (χ1) is 7.83. The molecule has 0 saturated heterocycles. The molecule has 0 aliphatic carbocycles. The molecule has 0 aromatic heterocycles. The Bertz CT molecular complexity index is 290. The highest BCUT2D eigenvalue weighted by atomic mass is 16.5. The molecule has 1 rings (SSSR count). The van der Waals surface area contributed by atoms with Crippen LogP contribution >= 0.6 is 0 Å². The Kier molecular flexibility index (Phi) is 6.39. The van der Waals surface area contributed by atoms with Crippen molar-refractivity contribution in [1.29, 1.82) is 0 Å². The van der Waals surface area contributed by atoms with Gasteiger partial charge in [0.2, 0.25) is 0 Å². The van der Waals surface area contributed by atoms with Crippen LogP contribution in [0.25, 0.3) is 0 Å². The summed E-state index contributed by atoms with van der Waals surface area (Å²) < 4.78 is 5.31. The van der Waals surface area contributed by atoms with Gasteiger partial charge in [-0.25, -0.2) is 0 Å². The Morgan fingerprint density at radius 1 is 1.12 bits per heavy atom. The fraction of sp³-hybridized carbons (Fsp3) is 0.467. The van der Waals surface area contributed by atoms with Crippen molar-refractivity contribution in [2.45, 2.75) is 39.0 Å². The SMILES string of the molecule is C=C(CCCCCc1ccccc1)OCC. The molecule has 1 aromatic rings. The zero-order chi connectivity index (χ0) is 11.6. The topological polar surface area (TPSA) is 9.23 Å². The van der Waals surface area contributed by atoms with E-state index in [1.807, 2.05) is 6.92 Å². The van der Waals surface area contributed by atoms with E-state index in [9.17, 15) is 0 Å². The first kappa shape index (κ1) is 12.8. The Morgan fingerprint density at radius 3 is 2.56 bits per heavy atom. The standard InChI is InChI=1S/C15H22O/c1-3-16-14(2)10-6-4-7-11-15-12-8-5-9-13-15/h5,8-9,12-13H,2-4,6-7,10-11H2,1H3. The zero-order valence-electron chi connectivity index (χ0n) is 10.2. The summed E-state index contributed by atoms with van der Waals surface area (Å²) in [7, 11) is 0. The number of unbranched alkanes of at least 4 members (excludes halogenated alkanes) is 2. The first-order valence-electron chi connectivity index (χ1n) is 6.17. The third kappa shape index (κ3) is 5.59. The van der Waals surface area contributed by atoms with E-state index in [4.69, 9.17) is 4.74 Å². The lowest BCUT2D eigenvalue weighted by molar-refractivity contribution is 0.218. The maximum absolute atomic E-state index is 5.31. The van der Waals surface area contributed by atoms with Gasteiger partial charge in [0.05, 0.1) is 12.4 Å². The van der Waals surface area contributed by atoms with Crippen LogP contribution in [0.3, 0.4) is 0 Å². The van der Waals surface area contributed by atoms with Crippen LogP contribution in [-0.2, 0) is 11.2 Å². The third-order valence-corrected chi connectivity index (χ3v) is 2.61. The molecule has 0 aliphatic rings. The van der Waals surface area contributed by atoms with Crippen molar-refractivity contribution in [2.75, 3.05) is 6.61 Å². The van der Waals surface area contributed by atoms with Crippen molar-refractivity contribution < 1.29 is 4.74 Å². The number of aryl methyl sites for hydroxylation is 1. The largest absolute Gasteiger partial charge is 0.499 e. The van der Waals surface area contributed by atoms with Crippen LogP contribution < -0.4 is 0 Å². The van der Waals surface area contributed by atoms with Gasteiger partial charge in [0.15, 0.2) is 0 Å². The van der Waals surface area contributed by atoms with Gasteiger partial charge in [-0.1, -0.05) is 43.3 Å². The van der Waals surface area contributed by atoms with Gasteiger partial charge in [-0.05, 0) is 31.7 Å². The summed E-state index contributed by atoms with van der Waals surface area (Å²) in [5, 5.41) is 0. The van der Waals surface area contributed by atoms with Gasteiger partial charge in [0, 0.05) is 6.42 Å². The van der Waals surface area contributed by atoms with Crippen LogP contribution in [0, 0.1) is 0 Å². The molecule has 88 valence electrons. The lowest BCUT2D eigenvalue weighted by Gasteiger charge is -2.06. The number of allylic oxidation sites excluding steroid dienone is 1. The number of benzene rings is 1. The summed E-state index contributed by atoms with van der Waals surface area (Å²) in [6.45, 7) is 6.62. The normalized spacial score (nSPS) is 10.1. The summed E-state index contributed by atoms with van der Waals surface area (Å²) in [5.41, 5.74) is 1.44. The van der Waals surface area contributed by atoms with E-state index in [2.05, 4.69) is 36.9 Å². The molecule has 0 saturated carbocycles. The summed E-state index contributed by atoms with van der Waals surface area (Å²) in [4.78, 5) is 0. The second kappa shape index (κ2) is 7.98. The third-order valence-electron chi connectivity index (χ3n) is 2.61. The van der Waals surface area contributed by atoms with Crippen LogP contribution in [0.4, 0.5) is 0 Å². The van der Waals surface area contributed by atoms with E-state index in [1.54, 1.807) is 0 Å². The second-order valence-electron chi connectivity index (χ2n) is 4.02. The molecule has 1 nitrogen and oxygen atoms in total. The molecule has 0 unspecified atom stereocenters. The quantitative estimate of drug-likeness (QED) is 0.466. The first-order valence-corrected chi connectivity index (χ1v) is 6.17. The number of rotatable bonds is 8. The highest BCUT2D eigenvalue weighted by molar-refractivity contribution is 5.14. The van der Waals surface area contributed by atoms with E-state index in [1.165, 1.54) is 31.2 Å². The minimum Gasteiger partial charge on any atom is -0.499 e. The average Bonchev–Trinajstić information content (AvgIpc) is 2.30. The predicted octanol–water partition coefficient (Wildman–Crippen LogP) is 4.34. The molecule has 0 N–H and O–H groups in total. The van der Waals surface area contributed by atoms with E-state index in [0.717, 1.165) is 18.8 Å². The van der Waals surface area contributed by atoms with Gasteiger partial charge in [-0.15, -0.1) is 0 Å². The van der Waals surface area contributed by atoms with Crippen molar-refractivity contribution in [3.63, 3.8) is 0 Å². The van der Waals surface area contributed by atoms with Crippen molar-refractivity contribution in [1.82, 2.24) is 0 Å². The number of hydrogen-bond acceptors (Lipinski definition) is 1. The molecule has 1 heteroatoms. The summed E-state index contributed by atoms with van der Waals surface area (Å²) in [6.07, 6.45) is 5.88. The van der Waals surface area contributed by atoms with Crippen LogP contribution in [0.1, 0.15) is 38.2 Å². The molecular weight excluding hydrogens is 196 g/mol. The fourth-order valence-electron chi connectivity index (χ4n) is 1.75. The van der Waals surface area contributed by atoms with Gasteiger partial charge < -0.3 is 4.74 Å². The average molecular weight is 218 g/mol. The van der Waals surface area contributed by atoms with Gasteiger partial charge >= 0.3 is 0 Å². The number of hydrogen-bond donors (Lipinski definition) is 0. The zero-order valence-corrected chi connectivity index (χ0v) is 10.2. The molecule has 0 spiro atoms. The van der Waals surface area contributed by atoms with Crippen molar-refractivity contribution >= 4 is 0 Å². The molecular formula is C15H22O. The van der Waals surface area contributed by atoms with Gasteiger partial charge in [-0.2, -0.15) is 0 Å². The van der Waals surface area contributed by atoms with Gasteiger partial charge in [0.1, 0.15) is 0 Å². The molecule has 0 bridgehead atoms. The van der Waals surface area contributed by atoms with Crippen LogP contribution in [0.2, 0.25) is 0 Å². The fourth-order valence-corrected chi connectivity index (χ4v) is 1.75. The molecule has 0 heterocycles. The summed E-state index contributed by atoms with van der Waals surface area (Å²) in [6, 6.07) is 10.7.